The number of carbonyl (C=O) groups excluding carboxylic acids is 1. The highest BCUT2D eigenvalue weighted by molar-refractivity contribution is 9.10. The maximum atomic E-state index is 12.1. The van der Waals surface area contributed by atoms with E-state index in [0.717, 1.165) is 23.1 Å². The standard InChI is InChI=1S/C14H19BrN2O.ClH/c1-9(11-7-16-8-11)14(18)17-10(2)12-5-3-4-6-13(12)15;/h3-6,9-11,16H,7-8H2,1-2H3,(H,17,18);1H. The molecular weight excluding hydrogens is 328 g/mol. The van der Waals surface area contributed by atoms with Gasteiger partial charge >= 0.3 is 0 Å². The lowest BCUT2D eigenvalue weighted by Gasteiger charge is -2.32. The molecule has 0 saturated carbocycles. The Labute approximate surface area is 129 Å². The predicted molar refractivity (Wildman–Crippen MR) is 83.5 cm³/mol. The van der Waals surface area contributed by atoms with E-state index in [1.165, 1.54) is 0 Å². The molecule has 3 nitrogen and oxygen atoms in total. The smallest absolute Gasteiger partial charge is 0.223 e. The van der Waals surface area contributed by atoms with Crippen molar-refractivity contribution in [1.29, 1.82) is 0 Å². The third-order valence-corrected chi connectivity index (χ3v) is 4.39. The maximum absolute atomic E-state index is 12.1. The van der Waals surface area contributed by atoms with E-state index in [1.807, 2.05) is 38.1 Å². The topological polar surface area (TPSA) is 41.1 Å². The first-order valence-electron chi connectivity index (χ1n) is 6.35. The average molecular weight is 348 g/mol. The second-order valence-electron chi connectivity index (χ2n) is 4.96. The molecule has 0 aliphatic carbocycles. The van der Waals surface area contributed by atoms with E-state index >= 15 is 0 Å². The van der Waals surface area contributed by atoms with Crippen molar-refractivity contribution in [3.8, 4) is 0 Å². The first kappa shape index (κ1) is 16.5. The van der Waals surface area contributed by atoms with E-state index in [1.54, 1.807) is 0 Å². The van der Waals surface area contributed by atoms with Gasteiger partial charge in [0.15, 0.2) is 0 Å². The molecule has 1 aliphatic heterocycles. The summed E-state index contributed by atoms with van der Waals surface area (Å²) in [6.07, 6.45) is 0. The van der Waals surface area contributed by atoms with E-state index in [2.05, 4.69) is 26.6 Å². The van der Waals surface area contributed by atoms with Crippen LogP contribution in [0.5, 0.6) is 0 Å². The molecule has 1 amide bonds. The van der Waals surface area contributed by atoms with Gasteiger partial charge in [-0.25, -0.2) is 0 Å². The SMILES string of the molecule is CC(NC(=O)C(C)C1CNC1)c1ccccc1Br.Cl. The molecule has 1 saturated heterocycles. The Morgan fingerprint density at radius 2 is 2.00 bits per heavy atom. The van der Waals surface area contributed by atoms with Gasteiger partial charge in [-0.15, -0.1) is 12.4 Å². The number of benzene rings is 1. The lowest BCUT2D eigenvalue weighted by atomic mass is 9.88. The molecule has 1 aromatic carbocycles. The summed E-state index contributed by atoms with van der Waals surface area (Å²) in [5.74, 6) is 0.706. The van der Waals surface area contributed by atoms with Gasteiger partial charge in [-0.1, -0.05) is 41.1 Å². The number of hydrogen-bond acceptors (Lipinski definition) is 2. The summed E-state index contributed by atoms with van der Waals surface area (Å²) in [5, 5.41) is 6.29. The van der Waals surface area contributed by atoms with Crippen molar-refractivity contribution < 1.29 is 4.79 Å². The average Bonchev–Trinajstić information content (AvgIpc) is 2.26. The summed E-state index contributed by atoms with van der Waals surface area (Å²) in [4.78, 5) is 12.1. The summed E-state index contributed by atoms with van der Waals surface area (Å²) in [5.41, 5.74) is 1.12. The van der Waals surface area contributed by atoms with Gasteiger partial charge in [0, 0.05) is 10.4 Å². The van der Waals surface area contributed by atoms with Gasteiger partial charge in [-0.2, -0.15) is 0 Å². The zero-order chi connectivity index (χ0) is 13.1. The highest BCUT2D eigenvalue weighted by Crippen LogP contribution is 2.24. The molecule has 106 valence electrons. The minimum Gasteiger partial charge on any atom is -0.349 e. The first-order chi connectivity index (χ1) is 8.59. The molecule has 19 heavy (non-hydrogen) atoms. The lowest BCUT2D eigenvalue weighted by molar-refractivity contribution is -0.127. The summed E-state index contributed by atoms with van der Waals surface area (Å²) < 4.78 is 1.04. The van der Waals surface area contributed by atoms with Gasteiger partial charge in [-0.3, -0.25) is 4.79 Å². The number of hydrogen-bond donors (Lipinski definition) is 2. The predicted octanol–water partition coefficient (Wildman–Crippen LogP) is 2.90. The fourth-order valence-corrected chi connectivity index (χ4v) is 2.76. The van der Waals surface area contributed by atoms with Crippen molar-refractivity contribution in [2.24, 2.45) is 11.8 Å². The molecule has 1 heterocycles. The monoisotopic (exact) mass is 346 g/mol. The van der Waals surface area contributed by atoms with Crippen LogP contribution in [0.15, 0.2) is 28.7 Å². The fourth-order valence-electron chi connectivity index (χ4n) is 2.13. The zero-order valence-electron chi connectivity index (χ0n) is 11.2. The van der Waals surface area contributed by atoms with Crippen LogP contribution in [0.1, 0.15) is 25.5 Å². The van der Waals surface area contributed by atoms with Crippen LogP contribution < -0.4 is 10.6 Å². The molecule has 2 unspecified atom stereocenters. The molecule has 1 aliphatic rings. The Morgan fingerprint density at radius 1 is 1.37 bits per heavy atom. The Balaban J connectivity index is 0.00000180. The van der Waals surface area contributed by atoms with Gasteiger partial charge in [0.1, 0.15) is 0 Å². The quantitative estimate of drug-likeness (QED) is 0.879. The van der Waals surface area contributed by atoms with Crippen LogP contribution in [0, 0.1) is 11.8 Å². The highest BCUT2D eigenvalue weighted by atomic mass is 79.9. The second kappa shape index (κ2) is 7.27. The molecule has 1 aromatic rings. The third-order valence-electron chi connectivity index (χ3n) is 3.66. The Kier molecular flexibility index (Phi) is 6.30. The molecule has 2 N–H and O–H groups in total. The Morgan fingerprint density at radius 3 is 2.53 bits per heavy atom. The molecule has 0 spiro atoms. The number of nitrogens with one attached hydrogen (secondary N) is 2. The van der Waals surface area contributed by atoms with Crippen LogP contribution in [0.2, 0.25) is 0 Å². The van der Waals surface area contributed by atoms with Gasteiger partial charge in [-0.05, 0) is 37.6 Å². The molecule has 1 fully saturated rings. The molecule has 2 rings (SSSR count). The van der Waals surface area contributed by atoms with Crippen LogP contribution in [-0.2, 0) is 4.79 Å². The minimum atomic E-state index is 0. The number of amides is 1. The molecule has 0 bridgehead atoms. The van der Waals surface area contributed by atoms with Crippen LogP contribution in [0.4, 0.5) is 0 Å². The van der Waals surface area contributed by atoms with Crippen LogP contribution in [-0.4, -0.2) is 19.0 Å². The van der Waals surface area contributed by atoms with Gasteiger partial charge in [0.2, 0.25) is 5.91 Å². The van der Waals surface area contributed by atoms with Gasteiger partial charge in [0.05, 0.1) is 6.04 Å². The second-order valence-corrected chi connectivity index (χ2v) is 5.81. The summed E-state index contributed by atoms with van der Waals surface area (Å²) >= 11 is 3.52. The first-order valence-corrected chi connectivity index (χ1v) is 7.14. The van der Waals surface area contributed by atoms with Crippen molar-refractivity contribution >= 4 is 34.2 Å². The van der Waals surface area contributed by atoms with Crippen LogP contribution >= 0.6 is 28.3 Å². The van der Waals surface area contributed by atoms with Crippen LogP contribution in [0.25, 0.3) is 0 Å². The van der Waals surface area contributed by atoms with Crippen molar-refractivity contribution in [1.82, 2.24) is 10.6 Å². The fraction of sp³-hybridized carbons (Fsp3) is 0.500. The van der Waals surface area contributed by atoms with E-state index in [-0.39, 0.29) is 30.3 Å². The van der Waals surface area contributed by atoms with E-state index in [4.69, 9.17) is 0 Å². The normalized spacial score (nSPS) is 17.8. The number of rotatable bonds is 4. The minimum absolute atomic E-state index is 0. The van der Waals surface area contributed by atoms with Crippen molar-refractivity contribution in [2.75, 3.05) is 13.1 Å². The Hall–Kier alpha value is -0.580. The summed E-state index contributed by atoms with van der Waals surface area (Å²) in [7, 11) is 0. The molecule has 5 heteroatoms. The van der Waals surface area contributed by atoms with Crippen molar-refractivity contribution in [3.63, 3.8) is 0 Å². The molecular formula is C14H20BrClN2O. The summed E-state index contributed by atoms with van der Waals surface area (Å²) in [6, 6.07) is 8.03. The highest BCUT2D eigenvalue weighted by Gasteiger charge is 2.29. The number of halogens is 2. The molecule has 0 aromatic heterocycles. The Bertz CT molecular complexity index is 437. The largest absolute Gasteiger partial charge is 0.349 e. The van der Waals surface area contributed by atoms with Crippen molar-refractivity contribution in [3.05, 3.63) is 34.3 Å². The molecule has 2 atom stereocenters. The number of carbonyl (C=O) groups is 1. The third kappa shape index (κ3) is 3.94. The maximum Gasteiger partial charge on any atom is 0.223 e. The van der Waals surface area contributed by atoms with E-state index < -0.39 is 0 Å². The van der Waals surface area contributed by atoms with Gasteiger partial charge in [0.25, 0.3) is 0 Å². The van der Waals surface area contributed by atoms with E-state index in [0.29, 0.717) is 5.92 Å². The van der Waals surface area contributed by atoms with Crippen molar-refractivity contribution in [2.45, 2.75) is 19.9 Å². The lowest BCUT2D eigenvalue weighted by Crippen LogP contribution is -2.49. The van der Waals surface area contributed by atoms with Crippen LogP contribution in [0.3, 0.4) is 0 Å². The zero-order valence-corrected chi connectivity index (χ0v) is 13.6. The molecule has 0 radical (unpaired) electrons. The van der Waals surface area contributed by atoms with Gasteiger partial charge < -0.3 is 10.6 Å². The van der Waals surface area contributed by atoms with E-state index in [9.17, 15) is 4.79 Å². The summed E-state index contributed by atoms with van der Waals surface area (Å²) in [6.45, 7) is 5.94.